The lowest BCUT2D eigenvalue weighted by Gasteiger charge is -2.27. The average molecular weight is 492 g/mol. The molecule has 2 atom stereocenters. The van der Waals surface area contributed by atoms with Crippen molar-refractivity contribution in [2.75, 3.05) is 14.2 Å². The van der Waals surface area contributed by atoms with E-state index in [4.69, 9.17) is 19.3 Å². The predicted molar refractivity (Wildman–Crippen MR) is 131 cm³/mol. The molecule has 0 spiro atoms. The molecule has 9 heteroatoms. The van der Waals surface area contributed by atoms with E-state index in [9.17, 15) is 14.3 Å². The topological polar surface area (TPSA) is 95.7 Å². The van der Waals surface area contributed by atoms with E-state index in [1.54, 1.807) is 37.7 Å². The van der Waals surface area contributed by atoms with Crippen molar-refractivity contribution in [1.82, 2.24) is 14.8 Å². The van der Waals surface area contributed by atoms with Crippen molar-refractivity contribution in [1.29, 1.82) is 0 Å². The van der Waals surface area contributed by atoms with Crippen LogP contribution in [-0.2, 0) is 4.79 Å². The van der Waals surface area contributed by atoms with Crippen LogP contribution >= 0.6 is 0 Å². The predicted octanol–water partition coefficient (Wildman–Crippen LogP) is 5.86. The van der Waals surface area contributed by atoms with Gasteiger partial charge in [0.2, 0.25) is 5.82 Å². The molecule has 36 heavy (non-hydrogen) atoms. The van der Waals surface area contributed by atoms with Crippen LogP contribution < -0.4 is 14.2 Å². The molecule has 1 aliphatic carbocycles. The summed E-state index contributed by atoms with van der Waals surface area (Å²) in [5.41, 5.74) is 2.31. The molecule has 2 aromatic heterocycles. The van der Waals surface area contributed by atoms with Gasteiger partial charge < -0.3 is 19.3 Å². The Morgan fingerprint density at radius 1 is 1.03 bits per heavy atom. The molecule has 2 unspecified atom stereocenters. The summed E-state index contributed by atoms with van der Waals surface area (Å²) in [5, 5.41) is 15.3. The maximum absolute atomic E-state index is 14.5. The normalized spacial score (nSPS) is 17.6. The number of hydrogen-bond donors (Lipinski definition) is 1. The second kappa shape index (κ2) is 9.85. The number of pyridine rings is 1. The van der Waals surface area contributed by atoms with Crippen LogP contribution in [0.5, 0.6) is 23.0 Å². The highest BCUT2D eigenvalue weighted by Crippen LogP contribution is 2.40. The fraction of sp³-hybridized carbons (Fsp3) is 0.296. The smallest absolute Gasteiger partial charge is 0.306 e. The zero-order valence-electron chi connectivity index (χ0n) is 20.0. The summed E-state index contributed by atoms with van der Waals surface area (Å²) in [5.74, 6) is -0.523. The Balaban J connectivity index is 1.51. The van der Waals surface area contributed by atoms with Gasteiger partial charge in [0, 0.05) is 11.8 Å². The minimum atomic E-state index is -0.770. The van der Waals surface area contributed by atoms with Crippen LogP contribution in [-0.4, -0.2) is 40.1 Å². The van der Waals surface area contributed by atoms with Gasteiger partial charge in [-0.25, -0.2) is 0 Å². The van der Waals surface area contributed by atoms with E-state index >= 15 is 0 Å². The van der Waals surface area contributed by atoms with Crippen molar-refractivity contribution in [2.24, 2.45) is 5.92 Å². The molecular formula is C27H26FN3O5. The van der Waals surface area contributed by atoms with Gasteiger partial charge in [0.15, 0.2) is 17.2 Å². The van der Waals surface area contributed by atoms with Gasteiger partial charge in [0.25, 0.3) is 0 Å². The van der Waals surface area contributed by atoms with Gasteiger partial charge in [-0.05, 0) is 55.7 Å². The number of nitrogens with zero attached hydrogens (tertiary/aromatic N) is 3. The number of aliphatic carboxylic acids is 1. The first-order valence-electron chi connectivity index (χ1n) is 11.7. The van der Waals surface area contributed by atoms with Gasteiger partial charge in [-0.2, -0.15) is 9.49 Å². The quantitative estimate of drug-likeness (QED) is 0.346. The molecule has 0 amide bonds. The lowest BCUT2D eigenvalue weighted by atomic mass is 9.86. The molecule has 1 N–H and O–H groups in total. The van der Waals surface area contributed by atoms with Crippen molar-refractivity contribution in [3.05, 3.63) is 60.7 Å². The van der Waals surface area contributed by atoms with Crippen LogP contribution in [0.2, 0.25) is 0 Å². The lowest BCUT2D eigenvalue weighted by Crippen LogP contribution is -2.25. The number of fused-ring (bicyclic) bond motifs is 1. The zero-order chi connectivity index (χ0) is 25.2. The summed E-state index contributed by atoms with van der Waals surface area (Å²) in [4.78, 5) is 16.0. The van der Waals surface area contributed by atoms with E-state index in [1.165, 1.54) is 19.2 Å². The highest BCUT2D eigenvalue weighted by molar-refractivity contribution is 5.96. The first-order valence-corrected chi connectivity index (χ1v) is 11.7. The molecule has 8 nitrogen and oxygen atoms in total. The summed E-state index contributed by atoms with van der Waals surface area (Å²) in [6, 6.07) is 11.8. The second-order valence-corrected chi connectivity index (χ2v) is 8.79. The number of aromatic nitrogens is 3. The number of methoxy groups -OCH3 is 2. The van der Waals surface area contributed by atoms with Gasteiger partial charge in [0.1, 0.15) is 17.0 Å². The number of carbonyl (C=O) groups is 1. The van der Waals surface area contributed by atoms with Crippen LogP contribution in [0.1, 0.15) is 31.7 Å². The number of halogens is 1. The second-order valence-electron chi connectivity index (χ2n) is 8.79. The highest BCUT2D eigenvalue weighted by atomic mass is 19.1. The third-order valence-electron chi connectivity index (χ3n) is 6.64. The number of rotatable bonds is 7. The first kappa shape index (κ1) is 23.6. The van der Waals surface area contributed by atoms with Crippen LogP contribution in [0.15, 0.2) is 54.9 Å². The molecular weight excluding hydrogens is 465 g/mol. The Kier molecular flexibility index (Phi) is 6.45. The monoisotopic (exact) mass is 491 g/mol. The Morgan fingerprint density at radius 2 is 1.78 bits per heavy atom. The zero-order valence-corrected chi connectivity index (χ0v) is 20.0. The molecule has 0 bridgehead atoms. The highest BCUT2D eigenvalue weighted by Gasteiger charge is 2.31. The minimum Gasteiger partial charge on any atom is -0.494 e. The Bertz CT molecular complexity index is 1400. The van der Waals surface area contributed by atoms with Crippen molar-refractivity contribution in [3.8, 4) is 34.3 Å². The van der Waals surface area contributed by atoms with Gasteiger partial charge in [0.05, 0.1) is 37.8 Å². The van der Waals surface area contributed by atoms with E-state index in [0.717, 1.165) is 29.3 Å². The van der Waals surface area contributed by atoms with Crippen LogP contribution in [0.4, 0.5) is 4.39 Å². The van der Waals surface area contributed by atoms with Gasteiger partial charge in [-0.3, -0.25) is 14.5 Å². The molecule has 4 aromatic rings. The molecule has 0 saturated heterocycles. The molecule has 0 radical (unpaired) electrons. The molecule has 1 fully saturated rings. The molecule has 1 saturated carbocycles. The molecule has 5 rings (SSSR count). The van der Waals surface area contributed by atoms with Crippen molar-refractivity contribution in [2.45, 2.75) is 31.7 Å². The van der Waals surface area contributed by atoms with Crippen molar-refractivity contribution < 1.29 is 28.5 Å². The van der Waals surface area contributed by atoms with Crippen molar-refractivity contribution in [3.63, 3.8) is 0 Å². The summed E-state index contributed by atoms with van der Waals surface area (Å²) >= 11 is 0. The molecule has 2 heterocycles. The summed E-state index contributed by atoms with van der Waals surface area (Å²) in [6.07, 6.45) is 6.22. The number of carboxylic acid groups (broad SMARTS) is 1. The fourth-order valence-corrected chi connectivity index (χ4v) is 4.83. The molecule has 2 aromatic carbocycles. The molecule has 1 aliphatic rings. The number of carboxylic acids is 1. The van der Waals surface area contributed by atoms with E-state index in [0.29, 0.717) is 30.0 Å². The van der Waals surface area contributed by atoms with Gasteiger partial charge in [-0.1, -0.05) is 12.5 Å². The first-order chi connectivity index (χ1) is 17.5. The van der Waals surface area contributed by atoms with Gasteiger partial charge in [-0.15, -0.1) is 0 Å². The number of ether oxygens (including phenoxy) is 3. The number of hydrogen-bond acceptors (Lipinski definition) is 6. The molecule has 186 valence electrons. The maximum Gasteiger partial charge on any atom is 0.306 e. The third kappa shape index (κ3) is 4.32. The van der Waals surface area contributed by atoms with Crippen LogP contribution in [0.3, 0.4) is 0 Å². The largest absolute Gasteiger partial charge is 0.494 e. The summed E-state index contributed by atoms with van der Waals surface area (Å²) < 4.78 is 32.7. The Morgan fingerprint density at radius 3 is 2.50 bits per heavy atom. The SMILES string of the molecule is COc1cccc(Oc2ccc(-c3nn(C4CCCC(C(=O)O)C4)c4c(OC)cncc34)cc2)c1F. The van der Waals surface area contributed by atoms with Crippen LogP contribution in [0, 0.1) is 11.7 Å². The van der Waals surface area contributed by atoms with E-state index in [1.807, 2.05) is 16.8 Å². The Labute approximate surface area is 207 Å². The number of benzene rings is 2. The Hall–Kier alpha value is -4.14. The lowest BCUT2D eigenvalue weighted by molar-refractivity contribution is -0.143. The van der Waals surface area contributed by atoms with Crippen LogP contribution in [0.25, 0.3) is 22.2 Å². The summed E-state index contributed by atoms with van der Waals surface area (Å²) in [6.45, 7) is 0. The molecule has 0 aliphatic heterocycles. The van der Waals surface area contributed by atoms with Gasteiger partial charge >= 0.3 is 5.97 Å². The van der Waals surface area contributed by atoms with Crippen molar-refractivity contribution >= 4 is 16.9 Å². The van der Waals surface area contributed by atoms with E-state index in [2.05, 4.69) is 4.98 Å². The van der Waals surface area contributed by atoms with E-state index < -0.39 is 17.7 Å². The standard InChI is InChI=1S/C27H26FN3O5/c1-34-21-7-4-8-22(24(21)28)36-19-11-9-16(10-12-19)25-20-14-29-15-23(35-2)26(20)31(30-25)18-6-3-5-17(13-18)27(32)33/h4,7-12,14-15,17-18H,3,5-6,13H2,1-2H3,(H,32,33). The average Bonchev–Trinajstić information content (AvgIpc) is 3.30. The van der Waals surface area contributed by atoms with E-state index in [-0.39, 0.29) is 17.5 Å². The third-order valence-corrected chi connectivity index (χ3v) is 6.64. The fourth-order valence-electron chi connectivity index (χ4n) is 4.83. The maximum atomic E-state index is 14.5. The minimum absolute atomic E-state index is 0.0638. The summed E-state index contributed by atoms with van der Waals surface area (Å²) in [7, 11) is 2.98.